The van der Waals surface area contributed by atoms with Gasteiger partial charge in [-0.1, -0.05) is 26.8 Å². The van der Waals surface area contributed by atoms with E-state index < -0.39 is 0 Å². The number of rotatable bonds is 4. The van der Waals surface area contributed by atoms with Gasteiger partial charge in [0, 0.05) is 13.0 Å². The van der Waals surface area contributed by atoms with Crippen molar-refractivity contribution in [3.8, 4) is 0 Å². The number of nitrogens with one attached hydrogen (secondary N) is 1. The van der Waals surface area contributed by atoms with E-state index in [-0.39, 0.29) is 11.2 Å². The van der Waals surface area contributed by atoms with Gasteiger partial charge in [-0.2, -0.15) is 0 Å². The van der Waals surface area contributed by atoms with Crippen molar-refractivity contribution in [3.05, 3.63) is 11.6 Å². The first kappa shape index (κ1) is 12.4. The van der Waals surface area contributed by atoms with Gasteiger partial charge in [0.1, 0.15) is 0 Å². The van der Waals surface area contributed by atoms with Gasteiger partial charge in [0.15, 0.2) is 5.78 Å². The van der Waals surface area contributed by atoms with Gasteiger partial charge in [0.2, 0.25) is 0 Å². The second-order valence-corrected chi connectivity index (χ2v) is 4.61. The van der Waals surface area contributed by atoms with Crippen LogP contribution in [0.1, 0.15) is 34.1 Å². The third kappa shape index (κ3) is 6.52. The highest BCUT2D eigenvalue weighted by molar-refractivity contribution is 5.95. The molecular formula is C11H21NO. The van der Waals surface area contributed by atoms with Gasteiger partial charge in [-0.05, 0) is 25.0 Å². The molecule has 0 aliphatic heterocycles. The lowest BCUT2D eigenvalue weighted by Crippen LogP contribution is -2.14. The summed E-state index contributed by atoms with van der Waals surface area (Å²) in [5, 5.41) is 2.99. The van der Waals surface area contributed by atoms with Crippen molar-refractivity contribution in [2.24, 2.45) is 5.41 Å². The highest BCUT2D eigenvalue weighted by Crippen LogP contribution is 2.20. The quantitative estimate of drug-likeness (QED) is 0.677. The van der Waals surface area contributed by atoms with Crippen LogP contribution in [0.4, 0.5) is 0 Å². The zero-order valence-corrected chi connectivity index (χ0v) is 9.40. The largest absolute Gasteiger partial charge is 0.316 e. The molecule has 0 amide bonds. The van der Waals surface area contributed by atoms with E-state index in [2.05, 4.69) is 26.1 Å². The molecule has 0 aliphatic carbocycles. The average molecular weight is 183 g/mol. The van der Waals surface area contributed by atoms with Crippen molar-refractivity contribution in [2.45, 2.75) is 34.1 Å². The van der Waals surface area contributed by atoms with Crippen LogP contribution in [0.3, 0.4) is 0 Å². The van der Waals surface area contributed by atoms with E-state index >= 15 is 0 Å². The van der Waals surface area contributed by atoms with Gasteiger partial charge < -0.3 is 5.32 Å². The Morgan fingerprint density at radius 3 is 2.31 bits per heavy atom. The summed E-state index contributed by atoms with van der Waals surface area (Å²) in [5.74, 6) is 0.253. The smallest absolute Gasteiger partial charge is 0.158 e. The summed E-state index contributed by atoms with van der Waals surface area (Å²) < 4.78 is 0. The molecule has 1 N–H and O–H groups in total. The Kier molecular flexibility index (Phi) is 4.92. The number of carbonyl (C=O) groups excluding carboxylic acids is 1. The summed E-state index contributed by atoms with van der Waals surface area (Å²) in [6, 6.07) is 0. The van der Waals surface area contributed by atoms with Crippen LogP contribution in [0.2, 0.25) is 0 Å². The Morgan fingerprint density at radius 2 is 1.92 bits per heavy atom. The minimum absolute atomic E-state index is 0.0891. The molecule has 0 radical (unpaired) electrons. The molecule has 0 aromatic carbocycles. The van der Waals surface area contributed by atoms with Crippen molar-refractivity contribution in [1.82, 2.24) is 5.32 Å². The molecule has 76 valence electrons. The number of carbonyl (C=O) groups is 1. The average Bonchev–Trinajstić information content (AvgIpc) is 1.96. The maximum absolute atomic E-state index is 11.6. The van der Waals surface area contributed by atoms with Crippen molar-refractivity contribution in [1.29, 1.82) is 0 Å². The molecule has 0 aliphatic rings. The lowest BCUT2D eigenvalue weighted by molar-refractivity contribution is -0.117. The van der Waals surface area contributed by atoms with Gasteiger partial charge in [-0.3, -0.25) is 4.79 Å². The first-order valence-corrected chi connectivity index (χ1v) is 4.71. The molecule has 0 saturated heterocycles. The normalized spacial score (nSPS) is 13.2. The first-order valence-electron chi connectivity index (χ1n) is 4.71. The van der Waals surface area contributed by atoms with Crippen LogP contribution in [0, 0.1) is 5.41 Å². The molecule has 0 fully saturated rings. The van der Waals surface area contributed by atoms with E-state index in [0.29, 0.717) is 6.42 Å². The van der Waals surface area contributed by atoms with Gasteiger partial charge in [-0.25, -0.2) is 0 Å². The van der Waals surface area contributed by atoms with E-state index in [1.165, 1.54) is 0 Å². The molecule has 0 atom stereocenters. The van der Waals surface area contributed by atoms with E-state index in [0.717, 1.165) is 12.1 Å². The summed E-state index contributed by atoms with van der Waals surface area (Å²) in [7, 11) is 1.87. The Balaban J connectivity index is 4.12. The molecule has 0 unspecified atom stereocenters. The monoisotopic (exact) mass is 183 g/mol. The Hall–Kier alpha value is -0.630. The summed E-state index contributed by atoms with van der Waals surface area (Å²) in [6.07, 6.45) is 2.56. The van der Waals surface area contributed by atoms with Crippen LogP contribution in [-0.4, -0.2) is 19.4 Å². The summed E-state index contributed by atoms with van der Waals surface area (Å²) in [4.78, 5) is 11.6. The van der Waals surface area contributed by atoms with E-state index in [1.54, 1.807) is 0 Å². The lowest BCUT2D eigenvalue weighted by Gasteiger charge is -2.16. The van der Waals surface area contributed by atoms with Crippen molar-refractivity contribution < 1.29 is 4.79 Å². The van der Waals surface area contributed by atoms with Gasteiger partial charge in [0.25, 0.3) is 0 Å². The fourth-order valence-electron chi connectivity index (χ4n) is 0.990. The number of hydrogen-bond donors (Lipinski definition) is 1. The molecule has 2 heteroatoms. The molecular weight excluding hydrogens is 162 g/mol. The van der Waals surface area contributed by atoms with Crippen molar-refractivity contribution >= 4 is 5.78 Å². The molecule has 0 saturated carbocycles. The van der Waals surface area contributed by atoms with E-state index in [9.17, 15) is 4.79 Å². The molecule has 13 heavy (non-hydrogen) atoms. The fraction of sp³-hybridized carbons (Fsp3) is 0.727. The zero-order chi connectivity index (χ0) is 10.5. The topological polar surface area (TPSA) is 29.1 Å². The summed E-state index contributed by atoms with van der Waals surface area (Å²) >= 11 is 0. The molecule has 0 bridgehead atoms. The Morgan fingerprint density at radius 1 is 1.38 bits per heavy atom. The summed E-state index contributed by atoms with van der Waals surface area (Å²) in [6.45, 7) is 8.88. The van der Waals surface area contributed by atoms with Gasteiger partial charge >= 0.3 is 0 Å². The second-order valence-electron chi connectivity index (χ2n) is 4.61. The second kappa shape index (κ2) is 5.18. The van der Waals surface area contributed by atoms with Crippen LogP contribution >= 0.6 is 0 Å². The molecule has 0 heterocycles. The van der Waals surface area contributed by atoms with Crippen LogP contribution in [0.25, 0.3) is 0 Å². The minimum atomic E-state index is 0.0891. The van der Waals surface area contributed by atoms with Crippen LogP contribution in [0.15, 0.2) is 11.6 Å². The molecule has 2 nitrogen and oxygen atoms in total. The molecule has 0 aromatic rings. The maximum Gasteiger partial charge on any atom is 0.158 e. The third-order valence-electron chi connectivity index (χ3n) is 1.74. The predicted octanol–water partition coefficient (Wildman–Crippen LogP) is 2.16. The van der Waals surface area contributed by atoms with Crippen molar-refractivity contribution in [2.75, 3.05) is 13.6 Å². The maximum atomic E-state index is 11.6. The standard InChI is InChI=1S/C11H21NO/c1-9(6-7-12-5)10(13)8-11(2,3)4/h6,12H,7-8H2,1-5H3. The Bertz CT molecular complexity index is 199. The third-order valence-corrected chi connectivity index (χ3v) is 1.74. The number of hydrogen-bond acceptors (Lipinski definition) is 2. The Labute approximate surface area is 81.4 Å². The molecule has 0 spiro atoms. The zero-order valence-electron chi connectivity index (χ0n) is 9.40. The SMILES string of the molecule is CNCC=C(C)C(=O)CC(C)(C)C. The number of allylic oxidation sites excluding steroid dienone is 1. The van der Waals surface area contributed by atoms with Crippen LogP contribution in [-0.2, 0) is 4.79 Å². The van der Waals surface area contributed by atoms with E-state index in [1.807, 2.05) is 20.0 Å². The minimum Gasteiger partial charge on any atom is -0.316 e. The fourth-order valence-corrected chi connectivity index (χ4v) is 0.990. The van der Waals surface area contributed by atoms with E-state index in [4.69, 9.17) is 0 Å². The summed E-state index contributed by atoms with van der Waals surface area (Å²) in [5.41, 5.74) is 0.954. The number of ketones is 1. The van der Waals surface area contributed by atoms with Crippen LogP contribution in [0.5, 0.6) is 0 Å². The highest BCUT2D eigenvalue weighted by atomic mass is 16.1. The van der Waals surface area contributed by atoms with Crippen LogP contribution < -0.4 is 5.32 Å². The number of Topliss-reactive ketones (excluding diaryl/α,β-unsaturated/α-hetero) is 1. The van der Waals surface area contributed by atoms with Crippen molar-refractivity contribution in [3.63, 3.8) is 0 Å². The molecule has 0 aromatic heterocycles. The lowest BCUT2D eigenvalue weighted by atomic mass is 9.88. The molecule has 0 rings (SSSR count). The van der Waals surface area contributed by atoms with Gasteiger partial charge in [0.05, 0.1) is 0 Å². The number of likely N-dealkylation sites (N-methyl/N-ethyl adjacent to an activating group) is 1. The predicted molar refractivity (Wildman–Crippen MR) is 56.8 cm³/mol. The first-order chi connectivity index (χ1) is 5.87. The highest BCUT2D eigenvalue weighted by Gasteiger charge is 2.16. The van der Waals surface area contributed by atoms with Gasteiger partial charge in [-0.15, -0.1) is 0 Å².